The normalized spacial score (nSPS) is 33.3. The largest absolute Gasteiger partial charge is 0.338 e. The molecule has 1 aliphatic carbocycles. The summed E-state index contributed by atoms with van der Waals surface area (Å²) in [7, 11) is 0. The van der Waals surface area contributed by atoms with Gasteiger partial charge in [0.15, 0.2) is 0 Å². The predicted octanol–water partition coefficient (Wildman–Crippen LogP) is 1.77. The van der Waals surface area contributed by atoms with Gasteiger partial charge in [0, 0.05) is 18.6 Å². The number of nitrogens with zero attached hydrogens (tertiary/aromatic N) is 1. The molecule has 3 nitrogen and oxygen atoms in total. The second kappa shape index (κ2) is 4.02. The summed E-state index contributed by atoms with van der Waals surface area (Å²) in [6, 6.07) is 0.947. The van der Waals surface area contributed by atoms with E-state index in [1.54, 1.807) is 0 Å². The first kappa shape index (κ1) is 11.9. The number of carbonyl (C=O) groups is 1. The van der Waals surface area contributed by atoms with Gasteiger partial charge in [-0.2, -0.15) is 0 Å². The predicted molar refractivity (Wildman–Crippen MR) is 65.2 cm³/mol. The lowest BCUT2D eigenvalue weighted by Gasteiger charge is -2.34. The lowest BCUT2D eigenvalue weighted by molar-refractivity contribution is -0.137. The fourth-order valence-electron chi connectivity index (χ4n) is 2.74. The Labute approximate surface area is 98.6 Å². The van der Waals surface area contributed by atoms with Gasteiger partial charge in [0.1, 0.15) is 0 Å². The third-order valence-electron chi connectivity index (χ3n) is 3.85. The van der Waals surface area contributed by atoms with Crippen molar-refractivity contribution >= 4 is 5.91 Å². The summed E-state index contributed by atoms with van der Waals surface area (Å²) in [5.41, 5.74) is 0.357. The smallest absolute Gasteiger partial charge is 0.239 e. The Bertz CT molecular complexity index is 286. The molecule has 0 aromatic carbocycles. The van der Waals surface area contributed by atoms with E-state index in [9.17, 15) is 4.79 Å². The van der Waals surface area contributed by atoms with Crippen molar-refractivity contribution in [2.24, 2.45) is 5.41 Å². The average molecular weight is 224 g/mol. The van der Waals surface area contributed by atoms with Gasteiger partial charge in [-0.3, -0.25) is 4.79 Å². The zero-order valence-corrected chi connectivity index (χ0v) is 10.9. The number of hydrogen-bond donors (Lipinski definition) is 1. The van der Waals surface area contributed by atoms with Crippen LogP contribution in [0.1, 0.15) is 47.0 Å². The van der Waals surface area contributed by atoms with Crippen molar-refractivity contribution < 1.29 is 4.79 Å². The first-order valence-electron chi connectivity index (χ1n) is 6.48. The molecule has 3 heteroatoms. The molecule has 2 rings (SSSR count). The highest BCUT2D eigenvalue weighted by Gasteiger charge is 2.52. The highest BCUT2D eigenvalue weighted by molar-refractivity contribution is 5.83. The zero-order valence-electron chi connectivity index (χ0n) is 10.9. The van der Waals surface area contributed by atoms with E-state index < -0.39 is 0 Å². The third kappa shape index (κ3) is 2.24. The average Bonchev–Trinajstić information content (AvgIpc) is 2.78. The number of carbonyl (C=O) groups excluding carboxylic acids is 1. The minimum Gasteiger partial charge on any atom is -0.338 e. The van der Waals surface area contributed by atoms with Crippen molar-refractivity contribution in [1.29, 1.82) is 0 Å². The number of likely N-dealkylation sites (tertiary alicyclic amines) is 1. The summed E-state index contributed by atoms with van der Waals surface area (Å²) >= 11 is 0. The van der Waals surface area contributed by atoms with Crippen LogP contribution in [0.2, 0.25) is 0 Å². The molecule has 1 saturated heterocycles. The van der Waals surface area contributed by atoms with Crippen LogP contribution in [0, 0.1) is 5.41 Å². The molecule has 0 spiro atoms. The lowest BCUT2D eigenvalue weighted by Crippen LogP contribution is -2.53. The summed E-state index contributed by atoms with van der Waals surface area (Å²) in [5, 5.41) is 3.38. The van der Waals surface area contributed by atoms with E-state index in [-0.39, 0.29) is 6.04 Å². The molecule has 1 N–H and O–H groups in total. The maximum absolute atomic E-state index is 12.3. The Morgan fingerprint density at radius 2 is 2.06 bits per heavy atom. The molecule has 0 aromatic heterocycles. The molecule has 2 aliphatic rings. The van der Waals surface area contributed by atoms with Crippen LogP contribution in [0.4, 0.5) is 0 Å². The van der Waals surface area contributed by atoms with Crippen molar-refractivity contribution in [3.8, 4) is 0 Å². The van der Waals surface area contributed by atoms with Crippen LogP contribution in [0.25, 0.3) is 0 Å². The van der Waals surface area contributed by atoms with Crippen LogP contribution < -0.4 is 5.32 Å². The quantitative estimate of drug-likeness (QED) is 0.792. The van der Waals surface area contributed by atoms with E-state index in [0.717, 1.165) is 19.4 Å². The van der Waals surface area contributed by atoms with E-state index in [1.165, 1.54) is 6.42 Å². The van der Waals surface area contributed by atoms with Crippen LogP contribution in [0.15, 0.2) is 0 Å². The minimum absolute atomic E-state index is 0.0603. The first-order chi connectivity index (χ1) is 7.42. The van der Waals surface area contributed by atoms with Crippen LogP contribution in [0.3, 0.4) is 0 Å². The second-order valence-corrected chi connectivity index (χ2v) is 6.26. The Morgan fingerprint density at radius 1 is 1.44 bits per heavy atom. The summed E-state index contributed by atoms with van der Waals surface area (Å²) < 4.78 is 0. The van der Waals surface area contributed by atoms with Gasteiger partial charge >= 0.3 is 0 Å². The molecule has 2 atom stereocenters. The number of rotatable bonds is 3. The summed E-state index contributed by atoms with van der Waals surface area (Å²) in [6.07, 6.45) is 3.32. The van der Waals surface area contributed by atoms with E-state index in [0.29, 0.717) is 23.4 Å². The molecular formula is C13H24N2O. The molecule has 2 fully saturated rings. The zero-order chi connectivity index (χ0) is 11.9. The maximum Gasteiger partial charge on any atom is 0.239 e. The number of hydrogen-bond acceptors (Lipinski definition) is 2. The van der Waals surface area contributed by atoms with Gasteiger partial charge in [-0.05, 0) is 24.7 Å². The minimum atomic E-state index is 0.0603. The summed E-state index contributed by atoms with van der Waals surface area (Å²) in [5.74, 6) is 0.329. The van der Waals surface area contributed by atoms with Gasteiger partial charge in [-0.15, -0.1) is 0 Å². The van der Waals surface area contributed by atoms with Gasteiger partial charge in [-0.1, -0.05) is 27.7 Å². The molecule has 0 radical (unpaired) electrons. The number of piperidine rings is 1. The monoisotopic (exact) mass is 224 g/mol. The summed E-state index contributed by atoms with van der Waals surface area (Å²) in [6.45, 7) is 9.68. The topological polar surface area (TPSA) is 32.3 Å². The third-order valence-corrected chi connectivity index (χ3v) is 3.85. The second-order valence-electron chi connectivity index (χ2n) is 6.26. The molecule has 16 heavy (non-hydrogen) atoms. The Kier molecular flexibility index (Phi) is 2.99. The van der Waals surface area contributed by atoms with Crippen LogP contribution in [0.5, 0.6) is 0 Å². The molecule has 1 saturated carbocycles. The van der Waals surface area contributed by atoms with Crippen LogP contribution >= 0.6 is 0 Å². The van der Waals surface area contributed by atoms with E-state index in [1.807, 2.05) is 0 Å². The van der Waals surface area contributed by atoms with Crippen molar-refractivity contribution in [2.75, 3.05) is 6.54 Å². The first-order valence-corrected chi connectivity index (χ1v) is 6.48. The molecule has 92 valence electrons. The molecule has 2 unspecified atom stereocenters. The van der Waals surface area contributed by atoms with Crippen molar-refractivity contribution in [1.82, 2.24) is 10.2 Å². The molecular weight excluding hydrogens is 200 g/mol. The number of amides is 1. The fraction of sp³-hybridized carbons (Fsp3) is 0.923. The maximum atomic E-state index is 12.3. The molecule has 0 bridgehead atoms. The molecule has 1 amide bonds. The summed E-state index contributed by atoms with van der Waals surface area (Å²) in [4.78, 5) is 14.4. The van der Waals surface area contributed by atoms with E-state index in [2.05, 4.69) is 37.9 Å². The van der Waals surface area contributed by atoms with Crippen molar-refractivity contribution in [3.63, 3.8) is 0 Å². The standard InChI is InChI=1S/C13H24N2O/c1-9(2)14-10-6-5-7-15(12(10)16)11-8-13(11,3)4/h9-11,14H,5-8H2,1-4H3. The van der Waals surface area contributed by atoms with Gasteiger partial charge < -0.3 is 10.2 Å². The van der Waals surface area contributed by atoms with E-state index in [4.69, 9.17) is 0 Å². The molecule has 1 heterocycles. The highest BCUT2D eigenvalue weighted by Crippen LogP contribution is 2.49. The SMILES string of the molecule is CC(C)NC1CCCN(C2CC2(C)C)C1=O. The fourth-order valence-corrected chi connectivity index (χ4v) is 2.74. The number of nitrogens with one attached hydrogen (secondary N) is 1. The Balaban J connectivity index is 1.98. The van der Waals surface area contributed by atoms with Gasteiger partial charge in [-0.25, -0.2) is 0 Å². The van der Waals surface area contributed by atoms with Gasteiger partial charge in [0.05, 0.1) is 6.04 Å². The van der Waals surface area contributed by atoms with Gasteiger partial charge in [0.25, 0.3) is 0 Å². The lowest BCUT2D eigenvalue weighted by atomic mass is 10.0. The van der Waals surface area contributed by atoms with Gasteiger partial charge in [0.2, 0.25) is 5.91 Å². The van der Waals surface area contributed by atoms with Crippen molar-refractivity contribution in [3.05, 3.63) is 0 Å². The Morgan fingerprint density at radius 3 is 2.56 bits per heavy atom. The van der Waals surface area contributed by atoms with Crippen LogP contribution in [-0.2, 0) is 4.79 Å². The molecule has 1 aliphatic heterocycles. The van der Waals surface area contributed by atoms with Crippen molar-refractivity contribution in [2.45, 2.75) is 65.1 Å². The van der Waals surface area contributed by atoms with Crippen LogP contribution in [-0.4, -0.2) is 35.5 Å². The Hall–Kier alpha value is -0.570. The van der Waals surface area contributed by atoms with E-state index >= 15 is 0 Å². The highest BCUT2D eigenvalue weighted by atomic mass is 16.2. The molecule has 0 aromatic rings.